The lowest BCUT2D eigenvalue weighted by Gasteiger charge is -2.22. The summed E-state index contributed by atoms with van der Waals surface area (Å²) in [5, 5.41) is 8.82. The number of hydrogen-bond acceptors (Lipinski definition) is 4. The predicted molar refractivity (Wildman–Crippen MR) is 62.8 cm³/mol. The maximum absolute atomic E-state index is 8.82. The van der Waals surface area contributed by atoms with Crippen LogP contribution in [0.25, 0.3) is 0 Å². The number of rotatable bonds is 6. The van der Waals surface area contributed by atoms with Crippen LogP contribution >= 0.6 is 0 Å². The van der Waals surface area contributed by atoms with Gasteiger partial charge in [0.1, 0.15) is 0 Å². The molecule has 1 heterocycles. The van der Waals surface area contributed by atoms with Crippen LogP contribution in [0, 0.1) is 5.92 Å². The minimum Gasteiger partial charge on any atom is -0.395 e. The molecule has 0 radical (unpaired) electrons. The standard InChI is InChI=1S/C11H25N3O/c1-13-5-3-10(7-13)8-14(2)6-4-11(12)9-15/h10-11,15H,3-9,12H2,1-2H3. The van der Waals surface area contributed by atoms with Crippen LogP contribution in [0.15, 0.2) is 0 Å². The Morgan fingerprint density at radius 1 is 1.60 bits per heavy atom. The van der Waals surface area contributed by atoms with E-state index < -0.39 is 0 Å². The van der Waals surface area contributed by atoms with Gasteiger partial charge < -0.3 is 20.6 Å². The van der Waals surface area contributed by atoms with E-state index in [9.17, 15) is 0 Å². The van der Waals surface area contributed by atoms with E-state index in [1.807, 2.05) is 0 Å². The Kier molecular flexibility index (Phi) is 5.53. The van der Waals surface area contributed by atoms with E-state index in [0.29, 0.717) is 0 Å². The monoisotopic (exact) mass is 215 g/mol. The van der Waals surface area contributed by atoms with Gasteiger partial charge in [-0.2, -0.15) is 0 Å². The van der Waals surface area contributed by atoms with E-state index in [2.05, 4.69) is 23.9 Å². The van der Waals surface area contributed by atoms with E-state index in [4.69, 9.17) is 10.8 Å². The lowest BCUT2D eigenvalue weighted by Crippen LogP contribution is -2.33. The Labute approximate surface area is 93.0 Å². The predicted octanol–water partition coefficient (Wildman–Crippen LogP) is -0.420. The van der Waals surface area contributed by atoms with Gasteiger partial charge in [-0.1, -0.05) is 0 Å². The SMILES string of the molecule is CN(CCC(N)CO)CC1CCN(C)C1. The molecule has 0 saturated carbocycles. The van der Waals surface area contributed by atoms with Crippen molar-refractivity contribution in [3.05, 3.63) is 0 Å². The topological polar surface area (TPSA) is 52.7 Å². The van der Waals surface area contributed by atoms with Crippen LogP contribution in [0.4, 0.5) is 0 Å². The summed E-state index contributed by atoms with van der Waals surface area (Å²) in [6.45, 7) is 4.69. The number of aliphatic hydroxyl groups is 1. The maximum Gasteiger partial charge on any atom is 0.0583 e. The molecule has 1 aliphatic rings. The van der Waals surface area contributed by atoms with Gasteiger partial charge in [0, 0.05) is 19.1 Å². The Morgan fingerprint density at radius 3 is 2.87 bits per heavy atom. The number of nitrogens with zero attached hydrogens (tertiary/aromatic N) is 2. The highest BCUT2D eigenvalue weighted by atomic mass is 16.3. The van der Waals surface area contributed by atoms with Crippen molar-refractivity contribution < 1.29 is 5.11 Å². The third-order valence-corrected chi connectivity index (χ3v) is 3.17. The lowest BCUT2D eigenvalue weighted by atomic mass is 10.1. The van der Waals surface area contributed by atoms with Crippen molar-refractivity contribution in [2.24, 2.45) is 11.7 Å². The lowest BCUT2D eigenvalue weighted by molar-refractivity contribution is 0.227. The molecule has 90 valence electrons. The van der Waals surface area contributed by atoms with Crippen LogP contribution in [0.5, 0.6) is 0 Å². The van der Waals surface area contributed by atoms with Gasteiger partial charge in [-0.05, 0) is 45.9 Å². The van der Waals surface area contributed by atoms with E-state index in [-0.39, 0.29) is 12.6 Å². The summed E-state index contributed by atoms with van der Waals surface area (Å²) < 4.78 is 0. The molecule has 1 fully saturated rings. The first-order valence-electron chi connectivity index (χ1n) is 5.85. The fourth-order valence-corrected chi connectivity index (χ4v) is 2.18. The van der Waals surface area contributed by atoms with Gasteiger partial charge in [0.2, 0.25) is 0 Å². The van der Waals surface area contributed by atoms with E-state index >= 15 is 0 Å². The number of hydrogen-bond donors (Lipinski definition) is 2. The minimum atomic E-state index is -0.0568. The van der Waals surface area contributed by atoms with E-state index in [0.717, 1.165) is 25.4 Å². The van der Waals surface area contributed by atoms with Crippen LogP contribution in [0.2, 0.25) is 0 Å². The number of nitrogens with two attached hydrogens (primary N) is 1. The molecule has 2 unspecified atom stereocenters. The van der Waals surface area contributed by atoms with Crippen LogP contribution in [-0.4, -0.2) is 67.8 Å². The van der Waals surface area contributed by atoms with Gasteiger partial charge in [0.25, 0.3) is 0 Å². The highest BCUT2D eigenvalue weighted by molar-refractivity contribution is 4.75. The second kappa shape index (κ2) is 6.43. The van der Waals surface area contributed by atoms with Gasteiger partial charge in [0.05, 0.1) is 6.61 Å². The summed E-state index contributed by atoms with van der Waals surface area (Å²) in [5.41, 5.74) is 5.67. The molecule has 0 aliphatic carbocycles. The van der Waals surface area contributed by atoms with Crippen molar-refractivity contribution in [3.8, 4) is 0 Å². The Bertz CT molecular complexity index is 177. The van der Waals surface area contributed by atoms with Crippen molar-refractivity contribution in [2.75, 3.05) is 46.9 Å². The van der Waals surface area contributed by atoms with Crippen LogP contribution in [0.1, 0.15) is 12.8 Å². The second-order valence-corrected chi connectivity index (χ2v) is 4.91. The molecule has 0 aromatic carbocycles. The molecule has 0 aromatic heterocycles. The highest BCUT2D eigenvalue weighted by Gasteiger charge is 2.20. The van der Waals surface area contributed by atoms with Crippen LogP contribution in [-0.2, 0) is 0 Å². The largest absolute Gasteiger partial charge is 0.395 e. The molecule has 2 atom stereocenters. The first-order chi connectivity index (χ1) is 7.11. The summed E-state index contributed by atoms with van der Waals surface area (Å²) in [4.78, 5) is 4.72. The van der Waals surface area contributed by atoms with E-state index in [1.165, 1.54) is 19.5 Å². The molecule has 15 heavy (non-hydrogen) atoms. The molecular weight excluding hydrogens is 190 g/mol. The van der Waals surface area contributed by atoms with Gasteiger partial charge in [-0.15, -0.1) is 0 Å². The van der Waals surface area contributed by atoms with Crippen molar-refractivity contribution in [3.63, 3.8) is 0 Å². The van der Waals surface area contributed by atoms with E-state index in [1.54, 1.807) is 0 Å². The molecule has 3 N–H and O–H groups in total. The molecule has 1 saturated heterocycles. The summed E-state index contributed by atoms with van der Waals surface area (Å²) >= 11 is 0. The average molecular weight is 215 g/mol. The summed E-state index contributed by atoms with van der Waals surface area (Å²) in [6, 6.07) is -0.0568. The molecule has 0 bridgehead atoms. The first-order valence-corrected chi connectivity index (χ1v) is 5.85. The average Bonchev–Trinajstić information content (AvgIpc) is 2.60. The number of aliphatic hydroxyl groups excluding tert-OH is 1. The zero-order chi connectivity index (χ0) is 11.3. The van der Waals surface area contributed by atoms with Crippen molar-refractivity contribution >= 4 is 0 Å². The fourth-order valence-electron chi connectivity index (χ4n) is 2.18. The van der Waals surface area contributed by atoms with Crippen molar-refractivity contribution in [1.29, 1.82) is 0 Å². The summed E-state index contributed by atoms with van der Waals surface area (Å²) in [5.74, 6) is 0.811. The number of likely N-dealkylation sites (tertiary alicyclic amines) is 1. The molecule has 4 heteroatoms. The maximum atomic E-state index is 8.82. The molecule has 0 aromatic rings. The normalized spacial score (nSPS) is 25.0. The fraction of sp³-hybridized carbons (Fsp3) is 1.00. The van der Waals surface area contributed by atoms with Crippen LogP contribution < -0.4 is 5.73 Å². The highest BCUT2D eigenvalue weighted by Crippen LogP contribution is 2.15. The quantitative estimate of drug-likeness (QED) is 0.632. The Balaban J connectivity index is 2.10. The smallest absolute Gasteiger partial charge is 0.0583 e. The molecular formula is C11H25N3O. The Morgan fingerprint density at radius 2 is 2.33 bits per heavy atom. The van der Waals surface area contributed by atoms with Gasteiger partial charge in [0.15, 0.2) is 0 Å². The third kappa shape index (κ3) is 4.93. The molecule has 4 nitrogen and oxygen atoms in total. The summed E-state index contributed by atoms with van der Waals surface area (Å²) in [7, 11) is 4.32. The molecule has 1 rings (SSSR count). The zero-order valence-corrected chi connectivity index (χ0v) is 10.0. The van der Waals surface area contributed by atoms with Gasteiger partial charge in [-0.3, -0.25) is 0 Å². The third-order valence-electron chi connectivity index (χ3n) is 3.17. The van der Waals surface area contributed by atoms with Gasteiger partial charge in [-0.25, -0.2) is 0 Å². The minimum absolute atomic E-state index is 0.0568. The van der Waals surface area contributed by atoms with Gasteiger partial charge >= 0.3 is 0 Å². The molecule has 1 aliphatic heterocycles. The first kappa shape index (κ1) is 12.9. The zero-order valence-electron chi connectivity index (χ0n) is 10.0. The molecule has 0 amide bonds. The summed E-state index contributed by atoms with van der Waals surface area (Å²) in [6.07, 6.45) is 2.20. The Hall–Kier alpha value is -0.160. The molecule has 0 spiro atoms. The van der Waals surface area contributed by atoms with Crippen molar-refractivity contribution in [1.82, 2.24) is 9.80 Å². The van der Waals surface area contributed by atoms with Crippen molar-refractivity contribution in [2.45, 2.75) is 18.9 Å². The van der Waals surface area contributed by atoms with Crippen LogP contribution in [0.3, 0.4) is 0 Å². The second-order valence-electron chi connectivity index (χ2n) is 4.91.